The lowest BCUT2D eigenvalue weighted by molar-refractivity contribution is 0.813. The Morgan fingerprint density at radius 2 is 2.12 bits per heavy atom. The van der Waals surface area contributed by atoms with Gasteiger partial charge >= 0.3 is 0 Å². The minimum atomic E-state index is 0.806. The molecule has 2 heterocycles. The van der Waals surface area contributed by atoms with Crippen molar-refractivity contribution in [3.05, 3.63) is 29.8 Å². The summed E-state index contributed by atoms with van der Waals surface area (Å²) in [5.41, 5.74) is 1.12. The third kappa shape index (κ3) is 2.61. The van der Waals surface area contributed by atoms with E-state index in [0.717, 1.165) is 36.0 Å². The van der Waals surface area contributed by atoms with Crippen LogP contribution in [0, 0.1) is 6.92 Å². The molecular weight excluding hydrogens is 214 g/mol. The van der Waals surface area contributed by atoms with Gasteiger partial charge in [-0.15, -0.1) is 0 Å². The molecule has 5 heteroatoms. The molecule has 0 fully saturated rings. The smallest absolute Gasteiger partial charge is 0.159 e. The van der Waals surface area contributed by atoms with Gasteiger partial charge in [0.05, 0.1) is 6.20 Å². The zero-order valence-electron chi connectivity index (χ0n) is 10.4. The molecular formula is C12H17N5. The molecule has 0 spiro atoms. The number of hydrogen-bond donors (Lipinski definition) is 1. The first-order chi connectivity index (χ1) is 8.22. The molecule has 0 bridgehead atoms. The van der Waals surface area contributed by atoms with E-state index < -0.39 is 0 Å². The minimum Gasteiger partial charge on any atom is -0.370 e. The lowest BCUT2D eigenvalue weighted by atomic mass is 10.4. The minimum absolute atomic E-state index is 0.806. The highest BCUT2D eigenvalue weighted by Crippen LogP contribution is 2.11. The molecule has 0 aliphatic rings. The van der Waals surface area contributed by atoms with E-state index in [1.807, 2.05) is 39.2 Å². The summed E-state index contributed by atoms with van der Waals surface area (Å²) in [5.74, 6) is 2.48. The third-order valence-electron chi connectivity index (χ3n) is 2.38. The molecule has 0 amide bonds. The highest BCUT2D eigenvalue weighted by molar-refractivity contribution is 5.41. The fourth-order valence-corrected chi connectivity index (χ4v) is 1.57. The number of aryl methyl sites for hydroxylation is 2. The van der Waals surface area contributed by atoms with Crippen molar-refractivity contribution in [1.29, 1.82) is 0 Å². The highest BCUT2D eigenvalue weighted by Gasteiger charge is 2.05. The summed E-state index contributed by atoms with van der Waals surface area (Å²) in [6, 6.07) is 1.91. The van der Waals surface area contributed by atoms with Gasteiger partial charge < -0.3 is 5.32 Å². The second kappa shape index (κ2) is 4.95. The van der Waals surface area contributed by atoms with E-state index in [2.05, 4.69) is 20.4 Å². The van der Waals surface area contributed by atoms with Crippen molar-refractivity contribution in [1.82, 2.24) is 19.7 Å². The second-order valence-electron chi connectivity index (χ2n) is 3.87. The van der Waals surface area contributed by atoms with Gasteiger partial charge in [0.2, 0.25) is 0 Å². The van der Waals surface area contributed by atoms with E-state index in [9.17, 15) is 0 Å². The predicted molar refractivity (Wildman–Crippen MR) is 67.4 cm³/mol. The maximum absolute atomic E-state index is 4.47. The first kappa shape index (κ1) is 11.6. The van der Waals surface area contributed by atoms with Gasteiger partial charge in [-0.3, -0.25) is 0 Å². The summed E-state index contributed by atoms with van der Waals surface area (Å²) >= 11 is 0. The fourth-order valence-electron chi connectivity index (χ4n) is 1.57. The number of rotatable bonds is 4. The molecule has 17 heavy (non-hydrogen) atoms. The van der Waals surface area contributed by atoms with Gasteiger partial charge in [0.25, 0.3) is 0 Å². The number of aromatic nitrogens is 4. The molecule has 0 atom stereocenters. The van der Waals surface area contributed by atoms with E-state index >= 15 is 0 Å². The van der Waals surface area contributed by atoms with Gasteiger partial charge in [-0.2, -0.15) is 5.10 Å². The summed E-state index contributed by atoms with van der Waals surface area (Å²) in [6.07, 6.45) is 4.59. The van der Waals surface area contributed by atoms with Crippen molar-refractivity contribution in [2.75, 3.05) is 11.9 Å². The Labute approximate surface area is 101 Å². The monoisotopic (exact) mass is 231 g/mol. The van der Waals surface area contributed by atoms with Gasteiger partial charge in [0.1, 0.15) is 11.6 Å². The van der Waals surface area contributed by atoms with Crippen LogP contribution in [0.4, 0.5) is 5.82 Å². The average molecular weight is 231 g/mol. The van der Waals surface area contributed by atoms with Gasteiger partial charge in [0, 0.05) is 25.2 Å². The van der Waals surface area contributed by atoms with E-state index in [0.29, 0.717) is 0 Å². The molecule has 0 saturated carbocycles. The Kier molecular flexibility index (Phi) is 3.37. The molecule has 0 radical (unpaired) electrons. The van der Waals surface area contributed by atoms with Gasteiger partial charge in [0.15, 0.2) is 5.82 Å². The predicted octanol–water partition coefficient (Wildman–Crippen LogP) is 1.96. The van der Waals surface area contributed by atoms with Crippen molar-refractivity contribution >= 4 is 5.82 Å². The van der Waals surface area contributed by atoms with Crippen LogP contribution in [0.15, 0.2) is 18.5 Å². The molecule has 2 aromatic rings. The Hall–Kier alpha value is -1.91. The number of nitrogens with zero attached hydrogens (tertiary/aromatic N) is 4. The quantitative estimate of drug-likeness (QED) is 0.874. The van der Waals surface area contributed by atoms with E-state index in [-0.39, 0.29) is 0 Å². The molecule has 2 rings (SSSR count). The molecule has 1 N–H and O–H groups in total. The second-order valence-corrected chi connectivity index (χ2v) is 3.87. The van der Waals surface area contributed by atoms with E-state index in [1.54, 1.807) is 4.68 Å². The summed E-state index contributed by atoms with van der Waals surface area (Å²) in [7, 11) is 0. The molecule has 0 aliphatic carbocycles. The van der Waals surface area contributed by atoms with Crippen molar-refractivity contribution in [3.63, 3.8) is 0 Å². The van der Waals surface area contributed by atoms with Crippen LogP contribution in [-0.2, 0) is 6.42 Å². The molecule has 0 aromatic carbocycles. The van der Waals surface area contributed by atoms with Crippen LogP contribution < -0.4 is 5.32 Å². The topological polar surface area (TPSA) is 55.6 Å². The molecule has 0 saturated heterocycles. The summed E-state index contributed by atoms with van der Waals surface area (Å²) in [6.45, 7) is 6.95. The highest BCUT2D eigenvalue weighted by atomic mass is 15.3. The normalized spacial score (nSPS) is 10.5. The van der Waals surface area contributed by atoms with Crippen molar-refractivity contribution in [2.24, 2.45) is 0 Å². The Morgan fingerprint density at radius 3 is 2.71 bits per heavy atom. The maximum Gasteiger partial charge on any atom is 0.159 e. The van der Waals surface area contributed by atoms with Gasteiger partial charge in [-0.1, -0.05) is 6.92 Å². The zero-order chi connectivity index (χ0) is 12.3. The van der Waals surface area contributed by atoms with Crippen LogP contribution >= 0.6 is 0 Å². The summed E-state index contributed by atoms with van der Waals surface area (Å²) in [4.78, 5) is 8.88. The van der Waals surface area contributed by atoms with Crippen LogP contribution in [0.3, 0.4) is 0 Å². The molecule has 0 aliphatic heterocycles. The van der Waals surface area contributed by atoms with Crippen LogP contribution in [-0.4, -0.2) is 26.3 Å². The van der Waals surface area contributed by atoms with E-state index in [1.165, 1.54) is 0 Å². The first-order valence-electron chi connectivity index (χ1n) is 5.86. The fraction of sp³-hybridized carbons (Fsp3) is 0.417. The van der Waals surface area contributed by atoms with E-state index in [4.69, 9.17) is 0 Å². The third-order valence-corrected chi connectivity index (χ3v) is 2.38. The molecule has 5 nitrogen and oxygen atoms in total. The lowest BCUT2D eigenvalue weighted by Gasteiger charge is -2.07. The summed E-state index contributed by atoms with van der Waals surface area (Å²) in [5, 5.41) is 7.47. The van der Waals surface area contributed by atoms with Crippen LogP contribution in [0.1, 0.15) is 25.2 Å². The molecule has 0 unspecified atom stereocenters. The van der Waals surface area contributed by atoms with Crippen LogP contribution in [0.25, 0.3) is 5.82 Å². The number of hydrogen-bond acceptors (Lipinski definition) is 4. The first-order valence-corrected chi connectivity index (χ1v) is 5.86. The number of anilines is 1. The molecule has 90 valence electrons. The number of nitrogens with one attached hydrogen (secondary N) is 1. The Balaban J connectivity index is 2.42. The van der Waals surface area contributed by atoms with Crippen molar-refractivity contribution < 1.29 is 0 Å². The Bertz CT molecular complexity index is 503. The maximum atomic E-state index is 4.47. The zero-order valence-corrected chi connectivity index (χ0v) is 10.4. The van der Waals surface area contributed by atoms with Crippen molar-refractivity contribution in [3.8, 4) is 5.82 Å². The SMILES string of the molecule is CCNc1cc(-n2cc(C)cn2)nc(CC)n1. The summed E-state index contributed by atoms with van der Waals surface area (Å²) < 4.78 is 1.77. The van der Waals surface area contributed by atoms with Crippen molar-refractivity contribution in [2.45, 2.75) is 27.2 Å². The molecule has 2 aromatic heterocycles. The van der Waals surface area contributed by atoms with Gasteiger partial charge in [-0.25, -0.2) is 14.6 Å². The largest absolute Gasteiger partial charge is 0.370 e. The lowest BCUT2D eigenvalue weighted by Crippen LogP contribution is -2.07. The van der Waals surface area contributed by atoms with Gasteiger partial charge in [-0.05, 0) is 19.4 Å². The van der Waals surface area contributed by atoms with Crippen LogP contribution in [0.5, 0.6) is 0 Å². The average Bonchev–Trinajstić information content (AvgIpc) is 2.76. The standard InChI is InChI=1S/C12H17N5/c1-4-10-15-11(13-5-2)6-12(16-10)17-8-9(3)7-14-17/h6-8H,4-5H2,1-3H3,(H,13,15,16). The Morgan fingerprint density at radius 1 is 1.29 bits per heavy atom. The van der Waals surface area contributed by atoms with Crippen LogP contribution in [0.2, 0.25) is 0 Å².